The van der Waals surface area contributed by atoms with Crippen LogP contribution in [0.15, 0.2) is 146 Å². The van der Waals surface area contributed by atoms with E-state index < -0.39 is 23.5 Å². The topological polar surface area (TPSA) is 101 Å². The predicted molar refractivity (Wildman–Crippen MR) is 195 cm³/mol. The standard InChI is InChI=1S/2C20H13F3N4/c21-20(22,23)15-6-8-16(9-7-15)26-18-11-14(12-25-27-18)17-5-1-3-13-4-2-10-24-19(13)17;21-20(22,23)14-6-8-15(9-7-14)27-18-11-17(25-12-26-18)16-5-1-3-13-4-2-10-24-19(13)16/h1-12H,(H,26,27);1-12H,(H,25,26,27). The van der Waals surface area contributed by atoms with Crippen molar-refractivity contribution in [2.24, 2.45) is 0 Å². The molecule has 0 unspecified atom stereocenters. The summed E-state index contributed by atoms with van der Waals surface area (Å²) in [5.41, 5.74) is 4.49. The first-order chi connectivity index (χ1) is 26.0. The third kappa shape index (κ3) is 8.23. The fourth-order valence-electron chi connectivity index (χ4n) is 5.58. The molecule has 0 aliphatic carbocycles. The van der Waals surface area contributed by atoms with Crippen LogP contribution in [-0.2, 0) is 12.4 Å². The van der Waals surface area contributed by atoms with Crippen molar-refractivity contribution in [1.29, 1.82) is 0 Å². The van der Waals surface area contributed by atoms with Gasteiger partial charge in [0.15, 0.2) is 5.82 Å². The lowest BCUT2D eigenvalue weighted by atomic mass is 10.0. The number of benzene rings is 4. The summed E-state index contributed by atoms with van der Waals surface area (Å²) in [5.74, 6) is 0.910. The molecule has 0 aliphatic heterocycles. The van der Waals surface area contributed by atoms with Crippen LogP contribution >= 0.6 is 0 Å². The SMILES string of the molecule is FC(F)(F)c1ccc(Nc2cc(-c3cccc4cccnc34)cnn2)cc1.FC(F)(F)c1ccc(Nc2cc(-c3cccc4cccnc34)ncn2)cc1. The molecule has 2 N–H and O–H groups in total. The van der Waals surface area contributed by atoms with E-state index in [1.165, 1.54) is 30.6 Å². The minimum Gasteiger partial charge on any atom is -0.340 e. The van der Waals surface area contributed by atoms with Crippen molar-refractivity contribution < 1.29 is 26.3 Å². The Balaban J connectivity index is 0.000000167. The number of nitrogens with zero attached hydrogens (tertiary/aromatic N) is 6. The Morgan fingerprint density at radius 1 is 0.481 bits per heavy atom. The second-order valence-corrected chi connectivity index (χ2v) is 11.8. The molecular weight excluding hydrogens is 706 g/mol. The van der Waals surface area contributed by atoms with Crippen LogP contribution in [0.2, 0.25) is 0 Å². The van der Waals surface area contributed by atoms with Gasteiger partial charge in [0, 0.05) is 57.3 Å². The minimum absolute atomic E-state index is 0.431. The third-order valence-electron chi connectivity index (χ3n) is 8.14. The van der Waals surface area contributed by atoms with Gasteiger partial charge in [-0.1, -0.05) is 48.5 Å². The second-order valence-electron chi connectivity index (χ2n) is 11.8. The Bertz CT molecular complexity index is 2350. The van der Waals surface area contributed by atoms with Gasteiger partial charge >= 0.3 is 12.4 Å². The van der Waals surface area contributed by atoms with E-state index in [0.29, 0.717) is 28.7 Å². The maximum absolute atomic E-state index is 12.7. The van der Waals surface area contributed by atoms with Gasteiger partial charge in [0.1, 0.15) is 12.1 Å². The van der Waals surface area contributed by atoms with Crippen molar-refractivity contribution in [1.82, 2.24) is 30.1 Å². The molecule has 0 bridgehead atoms. The number of halogens is 6. The molecule has 0 saturated heterocycles. The Hall–Kier alpha value is -6.96. The van der Waals surface area contributed by atoms with Gasteiger partial charge in [0.05, 0.1) is 34.1 Å². The Labute approximate surface area is 303 Å². The van der Waals surface area contributed by atoms with Gasteiger partial charge in [-0.15, -0.1) is 5.10 Å². The fourth-order valence-corrected chi connectivity index (χ4v) is 5.58. The molecule has 8 rings (SSSR count). The smallest absolute Gasteiger partial charge is 0.340 e. The molecule has 4 heterocycles. The van der Waals surface area contributed by atoms with E-state index in [1.807, 2.05) is 60.7 Å². The van der Waals surface area contributed by atoms with Crippen LogP contribution in [-0.4, -0.2) is 30.1 Å². The summed E-state index contributed by atoms with van der Waals surface area (Å²) < 4.78 is 76.0. The first kappa shape index (κ1) is 35.4. The molecule has 0 atom stereocenters. The lowest BCUT2D eigenvalue weighted by molar-refractivity contribution is -0.138. The van der Waals surface area contributed by atoms with Gasteiger partial charge in [0.2, 0.25) is 0 Å². The summed E-state index contributed by atoms with van der Waals surface area (Å²) in [6, 6.07) is 32.4. The van der Waals surface area contributed by atoms with Crippen LogP contribution in [0.5, 0.6) is 0 Å². The predicted octanol–water partition coefficient (Wildman–Crippen LogP) is 10.9. The van der Waals surface area contributed by atoms with Crippen molar-refractivity contribution in [2.45, 2.75) is 12.4 Å². The van der Waals surface area contributed by atoms with Crippen molar-refractivity contribution in [3.8, 4) is 22.4 Å². The number of aromatic nitrogens is 6. The second kappa shape index (κ2) is 14.9. The van der Waals surface area contributed by atoms with Crippen LogP contribution < -0.4 is 10.6 Å². The lowest BCUT2D eigenvalue weighted by Gasteiger charge is -2.10. The zero-order valence-corrected chi connectivity index (χ0v) is 27.8. The normalized spacial score (nSPS) is 11.5. The zero-order chi connectivity index (χ0) is 37.7. The molecule has 0 saturated carbocycles. The van der Waals surface area contributed by atoms with Gasteiger partial charge in [-0.2, -0.15) is 31.4 Å². The van der Waals surface area contributed by atoms with E-state index in [-0.39, 0.29) is 0 Å². The van der Waals surface area contributed by atoms with Crippen LogP contribution in [0.1, 0.15) is 11.1 Å². The number of para-hydroxylation sites is 2. The van der Waals surface area contributed by atoms with Gasteiger partial charge in [-0.3, -0.25) is 9.97 Å². The van der Waals surface area contributed by atoms with Crippen molar-refractivity contribution >= 4 is 44.8 Å². The van der Waals surface area contributed by atoms with E-state index in [2.05, 4.69) is 40.8 Å². The van der Waals surface area contributed by atoms with E-state index in [1.54, 1.807) is 30.7 Å². The molecule has 54 heavy (non-hydrogen) atoms. The number of pyridine rings is 2. The van der Waals surface area contributed by atoms with E-state index in [9.17, 15) is 26.3 Å². The van der Waals surface area contributed by atoms with E-state index in [0.717, 1.165) is 62.8 Å². The largest absolute Gasteiger partial charge is 0.416 e. The summed E-state index contributed by atoms with van der Waals surface area (Å²) in [4.78, 5) is 17.3. The Kier molecular flexibility index (Phi) is 9.81. The molecule has 268 valence electrons. The van der Waals surface area contributed by atoms with Crippen LogP contribution in [0, 0.1) is 0 Å². The number of hydrogen-bond acceptors (Lipinski definition) is 8. The Morgan fingerprint density at radius 3 is 1.57 bits per heavy atom. The number of alkyl halides is 6. The maximum atomic E-state index is 12.7. The highest BCUT2D eigenvalue weighted by Crippen LogP contribution is 2.33. The summed E-state index contributed by atoms with van der Waals surface area (Å²) in [6.07, 6.45) is -2.25. The van der Waals surface area contributed by atoms with E-state index >= 15 is 0 Å². The number of anilines is 4. The molecular formula is C40H26F6N8. The summed E-state index contributed by atoms with van der Waals surface area (Å²) in [5, 5.41) is 16.0. The number of hydrogen-bond donors (Lipinski definition) is 2. The third-order valence-corrected chi connectivity index (χ3v) is 8.14. The van der Waals surface area contributed by atoms with Crippen LogP contribution in [0.4, 0.5) is 49.4 Å². The van der Waals surface area contributed by atoms with Crippen LogP contribution in [0.25, 0.3) is 44.2 Å². The summed E-state index contributed by atoms with van der Waals surface area (Å²) >= 11 is 0. The highest BCUT2D eigenvalue weighted by Gasteiger charge is 2.30. The molecule has 0 radical (unpaired) electrons. The average Bonchev–Trinajstić information content (AvgIpc) is 3.18. The highest BCUT2D eigenvalue weighted by molar-refractivity contribution is 5.94. The fraction of sp³-hybridized carbons (Fsp3) is 0.0500. The molecule has 4 aromatic heterocycles. The molecule has 4 aromatic carbocycles. The van der Waals surface area contributed by atoms with Gasteiger partial charge < -0.3 is 10.6 Å². The van der Waals surface area contributed by atoms with Gasteiger partial charge in [0.25, 0.3) is 0 Å². The summed E-state index contributed by atoms with van der Waals surface area (Å²) in [6.45, 7) is 0. The number of rotatable bonds is 6. The molecule has 0 amide bonds. The number of fused-ring (bicyclic) bond motifs is 2. The monoisotopic (exact) mass is 732 g/mol. The molecule has 14 heteroatoms. The molecule has 0 fully saturated rings. The first-order valence-corrected chi connectivity index (χ1v) is 16.2. The highest BCUT2D eigenvalue weighted by atomic mass is 19.4. The van der Waals surface area contributed by atoms with E-state index in [4.69, 9.17) is 0 Å². The van der Waals surface area contributed by atoms with Crippen molar-refractivity contribution in [3.63, 3.8) is 0 Å². The molecule has 0 spiro atoms. The molecule has 0 aliphatic rings. The lowest BCUT2D eigenvalue weighted by Crippen LogP contribution is -2.04. The van der Waals surface area contributed by atoms with Gasteiger partial charge in [-0.05, 0) is 66.7 Å². The van der Waals surface area contributed by atoms with Crippen LogP contribution in [0.3, 0.4) is 0 Å². The Morgan fingerprint density at radius 2 is 1.00 bits per heavy atom. The first-order valence-electron chi connectivity index (χ1n) is 16.2. The number of nitrogens with one attached hydrogen (secondary N) is 2. The van der Waals surface area contributed by atoms with Crippen molar-refractivity contribution in [2.75, 3.05) is 10.6 Å². The molecule has 8 nitrogen and oxygen atoms in total. The zero-order valence-electron chi connectivity index (χ0n) is 27.8. The summed E-state index contributed by atoms with van der Waals surface area (Å²) in [7, 11) is 0. The van der Waals surface area contributed by atoms with Gasteiger partial charge in [-0.25, -0.2) is 9.97 Å². The maximum Gasteiger partial charge on any atom is 0.416 e. The minimum atomic E-state index is -4.36. The molecule has 8 aromatic rings. The quantitative estimate of drug-likeness (QED) is 0.163. The average molecular weight is 733 g/mol. The van der Waals surface area contributed by atoms with Crippen molar-refractivity contribution in [3.05, 3.63) is 157 Å².